The van der Waals surface area contributed by atoms with Crippen molar-refractivity contribution in [3.63, 3.8) is 0 Å². The Morgan fingerprint density at radius 2 is 1.94 bits per heavy atom. The quantitative estimate of drug-likeness (QED) is 0.677. The molecule has 0 fully saturated rings. The number of likely N-dealkylation sites (N-methyl/N-ethyl adjacent to an activating group) is 1. The maximum absolute atomic E-state index is 11.7. The van der Waals surface area contributed by atoms with Crippen molar-refractivity contribution in [2.45, 2.75) is 39.7 Å². The van der Waals surface area contributed by atoms with Crippen molar-refractivity contribution in [1.82, 2.24) is 10.2 Å². The van der Waals surface area contributed by atoms with E-state index in [0.29, 0.717) is 18.9 Å². The van der Waals surface area contributed by atoms with Crippen molar-refractivity contribution in [2.24, 2.45) is 11.7 Å². The van der Waals surface area contributed by atoms with Gasteiger partial charge >= 0.3 is 0 Å². The van der Waals surface area contributed by atoms with E-state index in [0.717, 1.165) is 6.42 Å². The van der Waals surface area contributed by atoms with Gasteiger partial charge in [0.2, 0.25) is 11.8 Å². The zero-order valence-electron chi connectivity index (χ0n) is 11.3. The highest BCUT2D eigenvalue weighted by Gasteiger charge is 2.18. The number of nitrogens with one attached hydrogen (secondary N) is 1. The van der Waals surface area contributed by atoms with Crippen LogP contribution >= 0.6 is 0 Å². The molecule has 0 saturated heterocycles. The lowest BCUT2D eigenvalue weighted by Crippen LogP contribution is -2.46. The average Bonchev–Trinajstić information content (AvgIpc) is 2.25. The number of amides is 2. The maximum atomic E-state index is 11.7. The third-order valence-corrected chi connectivity index (χ3v) is 2.38. The second-order valence-electron chi connectivity index (χ2n) is 4.79. The summed E-state index contributed by atoms with van der Waals surface area (Å²) in [5.74, 6) is 0.0899. The number of nitrogens with zero attached hydrogens (tertiary/aromatic N) is 1. The molecule has 0 aliphatic carbocycles. The zero-order chi connectivity index (χ0) is 13.4. The van der Waals surface area contributed by atoms with Gasteiger partial charge in [-0.05, 0) is 12.3 Å². The van der Waals surface area contributed by atoms with Crippen molar-refractivity contribution < 1.29 is 9.59 Å². The molecule has 0 saturated carbocycles. The minimum atomic E-state index is -0.497. The molecule has 0 heterocycles. The molecule has 0 aliphatic rings. The van der Waals surface area contributed by atoms with Crippen LogP contribution in [0.1, 0.15) is 33.6 Å². The smallest absolute Gasteiger partial charge is 0.239 e. The Morgan fingerprint density at radius 1 is 1.35 bits per heavy atom. The first-order valence-electron chi connectivity index (χ1n) is 6.15. The fraction of sp³-hybridized carbons (Fsp3) is 0.833. The monoisotopic (exact) mass is 243 g/mol. The second kappa shape index (κ2) is 8.06. The third kappa shape index (κ3) is 6.94. The Balaban J connectivity index is 4.02. The van der Waals surface area contributed by atoms with Gasteiger partial charge in [0.15, 0.2) is 0 Å². The van der Waals surface area contributed by atoms with E-state index < -0.39 is 6.04 Å². The van der Waals surface area contributed by atoms with Crippen molar-refractivity contribution in [2.75, 3.05) is 20.1 Å². The summed E-state index contributed by atoms with van der Waals surface area (Å²) < 4.78 is 0. The van der Waals surface area contributed by atoms with E-state index in [1.807, 2.05) is 20.8 Å². The Kier molecular flexibility index (Phi) is 7.54. The molecule has 0 aromatic rings. The van der Waals surface area contributed by atoms with E-state index in [-0.39, 0.29) is 18.4 Å². The minimum absolute atomic E-state index is 0.0724. The summed E-state index contributed by atoms with van der Waals surface area (Å²) in [6.45, 7) is 6.71. The van der Waals surface area contributed by atoms with Gasteiger partial charge in [0.25, 0.3) is 0 Å². The Labute approximate surface area is 104 Å². The predicted octanol–water partition coefficient (Wildman–Crippen LogP) is 0.344. The summed E-state index contributed by atoms with van der Waals surface area (Å²) in [6.07, 6.45) is 1.51. The molecule has 2 amide bonds. The Bertz CT molecular complexity index is 254. The van der Waals surface area contributed by atoms with Crippen LogP contribution in [0.25, 0.3) is 0 Å². The van der Waals surface area contributed by atoms with Gasteiger partial charge in [0, 0.05) is 13.6 Å². The maximum Gasteiger partial charge on any atom is 0.239 e. The molecule has 17 heavy (non-hydrogen) atoms. The first-order chi connectivity index (χ1) is 7.88. The van der Waals surface area contributed by atoms with E-state index in [9.17, 15) is 9.59 Å². The van der Waals surface area contributed by atoms with E-state index >= 15 is 0 Å². The zero-order valence-corrected chi connectivity index (χ0v) is 11.3. The molecule has 3 N–H and O–H groups in total. The summed E-state index contributed by atoms with van der Waals surface area (Å²) in [4.78, 5) is 24.6. The van der Waals surface area contributed by atoms with Gasteiger partial charge in [-0.2, -0.15) is 0 Å². The molecule has 100 valence electrons. The van der Waals surface area contributed by atoms with Crippen LogP contribution in [0.3, 0.4) is 0 Å². The van der Waals surface area contributed by atoms with Crippen LogP contribution in [-0.4, -0.2) is 42.9 Å². The van der Waals surface area contributed by atoms with Crippen molar-refractivity contribution in [3.8, 4) is 0 Å². The first-order valence-corrected chi connectivity index (χ1v) is 6.15. The number of carbonyl (C=O) groups is 2. The van der Waals surface area contributed by atoms with Crippen LogP contribution in [0.5, 0.6) is 0 Å². The molecule has 0 radical (unpaired) electrons. The van der Waals surface area contributed by atoms with Gasteiger partial charge in [-0.3, -0.25) is 9.59 Å². The molecule has 5 nitrogen and oxygen atoms in total. The molecule has 1 atom stereocenters. The van der Waals surface area contributed by atoms with E-state index in [2.05, 4.69) is 5.32 Å². The molecule has 0 aliphatic heterocycles. The summed E-state index contributed by atoms with van der Waals surface area (Å²) in [7, 11) is 1.60. The van der Waals surface area contributed by atoms with Gasteiger partial charge < -0.3 is 16.0 Å². The summed E-state index contributed by atoms with van der Waals surface area (Å²) in [6, 6.07) is -0.497. The van der Waals surface area contributed by atoms with E-state index in [4.69, 9.17) is 5.73 Å². The molecule has 0 bridgehead atoms. The summed E-state index contributed by atoms with van der Waals surface area (Å²) in [5.41, 5.74) is 5.70. The van der Waals surface area contributed by atoms with Gasteiger partial charge in [0.1, 0.15) is 0 Å². The van der Waals surface area contributed by atoms with Crippen LogP contribution in [0, 0.1) is 5.92 Å². The van der Waals surface area contributed by atoms with Gasteiger partial charge in [0.05, 0.1) is 12.6 Å². The number of hydrogen-bond acceptors (Lipinski definition) is 3. The molecular formula is C12H25N3O2. The van der Waals surface area contributed by atoms with Gasteiger partial charge in [-0.15, -0.1) is 0 Å². The van der Waals surface area contributed by atoms with E-state index in [1.165, 1.54) is 4.90 Å². The fourth-order valence-corrected chi connectivity index (χ4v) is 1.38. The third-order valence-electron chi connectivity index (χ3n) is 2.38. The summed E-state index contributed by atoms with van der Waals surface area (Å²) in [5, 5.41) is 2.77. The topological polar surface area (TPSA) is 75.4 Å². The van der Waals surface area contributed by atoms with Crippen LogP contribution < -0.4 is 11.1 Å². The second-order valence-corrected chi connectivity index (χ2v) is 4.79. The van der Waals surface area contributed by atoms with Crippen LogP contribution in [0.4, 0.5) is 0 Å². The van der Waals surface area contributed by atoms with Crippen molar-refractivity contribution in [3.05, 3.63) is 0 Å². The Hall–Kier alpha value is -1.10. The minimum Gasteiger partial charge on any atom is -0.354 e. The van der Waals surface area contributed by atoms with Crippen molar-refractivity contribution >= 4 is 11.8 Å². The normalized spacial score (nSPS) is 12.4. The average molecular weight is 243 g/mol. The molecule has 1 unspecified atom stereocenters. The number of nitrogens with two attached hydrogens (primary N) is 1. The molecular weight excluding hydrogens is 218 g/mol. The highest BCUT2D eigenvalue weighted by Crippen LogP contribution is 1.98. The fourth-order valence-electron chi connectivity index (χ4n) is 1.38. The lowest BCUT2D eigenvalue weighted by atomic mass is 10.1. The molecule has 5 heteroatoms. The predicted molar refractivity (Wildman–Crippen MR) is 68.4 cm³/mol. The first kappa shape index (κ1) is 15.9. The summed E-state index contributed by atoms with van der Waals surface area (Å²) >= 11 is 0. The number of rotatable bonds is 7. The molecule has 0 spiro atoms. The molecule has 0 aromatic carbocycles. The lowest BCUT2D eigenvalue weighted by molar-refractivity contribution is -0.135. The van der Waals surface area contributed by atoms with Crippen LogP contribution in [0.2, 0.25) is 0 Å². The highest BCUT2D eigenvalue weighted by atomic mass is 16.2. The molecule has 0 rings (SSSR count). The van der Waals surface area contributed by atoms with Gasteiger partial charge in [-0.1, -0.05) is 27.2 Å². The number of carbonyl (C=O) groups excluding carboxylic acids is 2. The van der Waals surface area contributed by atoms with Crippen molar-refractivity contribution in [1.29, 1.82) is 0 Å². The van der Waals surface area contributed by atoms with Gasteiger partial charge in [-0.25, -0.2) is 0 Å². The highest BCUT2D eigenvalue weighted by molar-refractivity contribution is 5.87. The standard InChI is InChI=1S/C12H25N3O2/c1-5-6-10(13)12(17)15(4)8-11(16)14-7-9(2)3/h9-10H,5-8,13H2,1-4H3,(H,14,16). The number of hydrogen-bond donors (Lipinski definition) is 2. The molecule has 0 aromatic heterocycles. The van der Waals surface area contributed by atoms with Crippen LogP contribution in [0.15, 0.2) is 0 Å². The lowest BCUT2D eigenvalue weighted by Gasteiger charge is -2.20. The SMILES string of the molecule is CCCC(N)C(=O)N(C)CC(=O)NCC(C)C. The van der Waals surface area contributed by atoms with E-state index in [1.54, 1.807) is 7.05 Å². The largest absolute Gasteiger partial charge is 0.354 e. The van der Waals surface area contributed by atoms with Crippen LogP contribution in [-0.2, 0) is 9.59 Å². The Morgan fingerprint density at radius 3 is 2.41 bits per heavy atom.